The van der Waals surface area contributed by atoms with Crippen LogP contribution in [0, 0.1) is 0 Å². The van der Waals surface area contributed by atoms with Gasteiger partial charge in [-0.05, 0) is 89.9 Å². The van der Waals surface area contributed by atoms with Gasteiger partial charge in [-0.3, -0.25) is 14.4 Å². The van der Waals surface area contributed by atoms with E-state index in [1.807, 2.05) is 0 Å². The predicted molar refractivity (Wildman–Crippen MR) is 251 cm³/mol. The van der Waals surface area contributed by atoms with Crippen LogP contribution in [0.4, 0.5) is 0 Å². The third kappa shape index (κ3) is 45.8. The van der Waals surface area contributed by atoms with E-state index in [1.54, 1.807) is 0 Å². The van der Waals surface area contributed by atoms with Crippen LogP contribution in [-0.2, 0) is 28.6 Å². The van der Waals surface area contributed by atoms with Crippen LogP contribution in [0.15, 0.2) is 72.9 Å². The lowest BCUT2D eigenvalue weighted by molar-refractivity contribution is -0.167. The zero-order valence-corrected chi connectivity index (χ0v) is 38.5. The molecule has 0 aliphatic heterocycles. The number of carbonyl (C=O) groups is 3. The number of ether oxygens (including phenoxy) is 3. The highest BCUT2D eigenvalue weighted by molar-refractivity contribution is 5.71. The van der Waals surface area contributed by atoms with Gasteiger partial charge in [0.25, 0.3) is 0 Å². The summed E-state index contributed by atoms with van der Waals surface area (Å²) in [7, 11) is 0. The van der Waals surface area contributed by atoms with Gasteiger partial charge < -0.3 is 14.2 Å². The topological polar surface area (TPSA) is 78.9 Å². The molecule has 6 nitrogen and oxygen atoms in total. The van der Waals surface area contributed by atoms with Crippen LogP contribution < -0.4 is 0 Å². The molecule has 0 saturated heterocycles. The zero-order chi connectivity index (χ0) is 43.0. The van der Waals surface area contributed by atoms with E-state index in [1.165, 1.54) is 77.0 Å². The molecule has 0 bridgehead atoms. The van der Waals surface area contributed by atoms with Crippen molar-refractivity contribution in [3.8, 4) is 0 Å². The Morgan fingerprint density at radius 1 is 0.356 bits per heavy atom. The molecule has 0 radical (unpaired) electrons. The molecule has 0 unspecified atom stereocenters. The van der Waals surface area contributed by atoms with E-state index in [4.69, 9.17) is 14.2 Å². The molecule has 0 aliphatic rings. The first-order valence-corrected chi connectivity index (χ1v) is 24.4. The summed E-state index contributed by atoms with van der Waals surface area (Å²) < 4.78 is 16.7. The van der Waals surface area contributed by atoms with Crippen LogP contribution in [0.2, 0.25) is 0 Å². The standard InChI is InChI=1S/C53H90O6/c1-4-7-10-13-16-19-22-24-26-28-31-34-37-40-43-46-52(55)58-49-50(48-57-51(54)45-42-39-36-33-30-21-18-15-12-9-6-3)59-53(56)47-44-41-38-35-32-29-27-25-23-20-17-14-11-8-5-2/h8,11,16-17,19-20,24-27,32,35,50H,4-7,9-10,12-15,18,21-23,28-31,33-34,36-49H2,1-3H3/b11-8-,19-16-,20-17-,26-24-,27-25-,35-32-/t50-/m0/s1. The monoisotopic (exact) mass is 823 g/mol. The number of unbranched alkanes of at least 4 members (excludes halogenated alkanes) is 20. The Kier molecular flexibility index (Phi) is 45.0. The van der Waals surface area contributed by atoms with Crippen LogP contribution >= 0.6 is 0 Å². The summed E-state index contributed by atoms with van der Waals surface area (Å²) in [4.78, 5) is 37.8. The van der Waals surface area contributed by atoms with Crippen molar-refractivity contribution in [2.45, 2.75) is 232 Å². The number of esters is 3. The smallest absolute Gasteiger partial charge is 0.306 e. The molecule has 0 N–H and O–H groups in total. The average Bonchev–Trinajstić information content (AvgIpc) is 3.23. The second-order valence-corrected chi connectivity index (χ2v) is 16.0. The Balaban J connectivity index is 4.47. The van der Waals surface area contributed by atoms with Crippen LogP contribution in [-0.4, -0.2) is 37.2 Å². The van der Waals surface area contributed by atoms with E-state index in [0.717, 1.165) is 103 Å². The fraction of sp³-hybridized carbons (Fsp3) is 0.717. The van der Waals surface area contributed by atoms with Gasteiger partial charge in [-0.15, -0.1) is 0 Å². The lowest BCUT2D eigenvalue weighted by Gasteiger charge is -2.18. The number of carbonyl (C=O) groups excluding carboxylic acids is 3. The number of allylic oxidation sites excluding steroid dienone is 12. The Morgan fingerprint density at radius 2 is 0.661 bits per heavy atom. The van der Waals surface area contributed by atoms with Gasteiger partial charge in [-0.2, -0.15) is 0 Å². The van der Waals surface area contributed by atoms with Crippen molar-refractivity contribution in [2.24, 2.45) is 0 Å². The Bertz CT molecular complexity index is 1130. The quantitative estimate of drug-likeness (QED) is 0.0264. The van der Waals surface area contributed by atoms with Gasteiger partial charge in [0.15, 0.2) is 6.10 Å². The summed E-state index contributed by atoms with van der Waals surface area (Å²) in [5.74, 6) is -0.954. The van der Waals surface area contributed by atoms with Gasteiger partial charge in [-0.1, -0.05) is 190 Å². The first kappa shape index (κ1) is 55.9. The largest absolute Gasteiger partial charge is 0.462 e. The molecular formula is C53H90O6. The fourth-order valence-electron chi connectivity index (χ4n) is 6.52. The van der Waals surface area contributed by atoms with Gasteiger partial charge in [0.1, 0.15) is 13.2 Å². The van der Waals surface area contributed by atoms with Crippen LogP contribution in [0.3, 0.4) is 0 Å². The summed E-state index contributed by atoms with van der Waals surface area (Å²) in [6.07, 6.45) is 58.8. The summed E-state index contributed by atoms with van der Waals surface area (Å²) in [5, 5.41) is 0. The molecule has 0 rings (SSSR count). The molecule has 338 valence electrons. The molecule has 0 aromatic carbocycles. The van der Waals surface area contributed by atoms with E-state index >= 15 is 0 Å². The Morgan fingerprint density at radius 3 is 1.10 bits per heavy atom. The maximum Gasteiger partial charge on any atom is 0.306 e. The summed E-state index contributed by atoms with van der Waals surface area (Å²) in [6, 6.07) is 0. The average molecular weight is 823 g/mol. The number of rotatable bonds is 43. The Labute approximate surface area is 363 Å². The van der Waals surface area contributed by atoms with Crippen LogP contribution in [0.1, 0.15) is 226 Å². The van der Waals surface area contributed by atoms with Gasteiger partial charge in [0.05, 0.1) is 0 Å². The third-order valence-electron chi connectivity index (χ3n) is 10.2. The van der Waals surface area contributed by atoms with Crippen LogP contribution in [0.25, 0.3) is 0 Å². The summed E-state index contributed by atoms with van der Waals surface area (Å²) >= 11 is 0. The molecule has 0 heterocycles. The van der Waals surface area contributed by atoms with Gasteiger partial charge >= 0.3 is 17.9 Å². The highest BCUT2D eigenvalue weighted by atomic mass is 16.6. The van der Waals surface area contributed by atoms with Crippen molar-refractivity contribution in [1.82, 2.24) is 0 Å². The third-order valence-corrected chi connectivity index (χ3v) is 10.2. The molecule has 0 amide bonds. The normalized spacial score (nSPS) is 12.7. The molecular weight excluding hydrogens is 733 g/mol. The van der Waals surface area contributed by atoms with Crippen LogP contribution in [0.5, 0.6) is 0 Å². The molecule has 1 atom stereocenters. The van der Waals surface area contributed by atoms with Gasteiger partial charge in [0.2, 0.25) is 0 Å². The zero-order valence-electron chi connectivity index (χ0n) is 38.5. The molecule has 0 aromatic rings. The van der Waals surface area contributed by atoms with E-state index in [2.05, 4.69) is 93.7 Å². The molecule has 0 fully saturated rings. The molecule has 0 saturated carbocycles. The number of hydrogen-bond donors (Lipinski definition) is 0. The lowest BCUT2D eigenvalue weighted by Crippen LogP contribution is -2.30. The molecule has 0 aliphatic carbocycles. The Hall–Kier alpha value is -3.15. The fourth-order valence-corrected chi connectivity index (χ4v) is 6.52. The highest BCUT2D eigenvalue weighted by Crippen LogP contribution is 2.14. The minimum Gasteiger partial charge on any atom is -0.462 e. The van der Waals surface area contributed by atoms with E-state index in [9.17, 15) is 14.4 Å². The maximum atomic E-state index is 12.7. The van der Waals surface area contributed by atoms with Crippen molar-refractivity contribution in [3.63, 3.8) is 0 Å². The minimum absolute atomic E-state index is 0.0957. The van der Waals surface area contributed by atoms with Crippen molar-refractivity contribution in [1.29, 1.82) is 0 Å². The molecule has 0 spiro atoms. The SMILES string of the molecule is CC/C=C\C/C=C\C/C=C\C/C=C\CCCCC(=O)O[C@H](COC(=O)CCCCCCC/C=C\C/C=C\CCCCC)COC(=O)CCCCCCCCCCCCC. The second kappa shape index (κ2) is 47.5. The van der Waals surface area contributed by atoms with Gasteiger partial charge in [-0.25, -0.2) is 0 Å². The number of hydrogen-bond acceptors (Lipinski definition) is 6. The van der Waals surface area contributed by atoms with Crippen molar-refractivity contribution >= 4 is 17.9 Å². The molecule has 0 aromatic heterocycles. The first-order valence-electron chi connectivity index (χ1n) is 24.4. The minimum atomic E-state index is -0.799. The second-order valence-electron chi connectivity index (χ2n) is 16.0. The predicted octanol–water partition coefficient (Wildman–Crippen LogP) is 15.9. The van der Waals surface area contributed by atoms with Gasteiger partial charge in [0, 0.05) is 19.3 Å². The van der Waals surface area contributed by atoms with E-state index < -0.39 is 6.10 Å². The first-order chi connectivity index (χ1) is 29.0. The van der Waals surface area contributed by atoms with E-state index in [0.29, 0.717) is 19.3 Å². The van der Waals surface area contributed by atoms with Crippen molar-refractivity contribution in [2.75, 3.05) is 13.2 Å². The highest BCUT2D eigenvalue weighted by Gasteiger charge is 2.19. The molecule has 6 heteroatoms. The van der Waals surface area contributed by atoms with Crippen molar-refractivity contribution in [3.05, 3.63) is 72.9 Å². The lowest BCUT2D eigenvalue weighted by atomic mass is 10.1. The van der Waals surface area contributed by atoms with Crippen molar-refractivity contribution < 1.29 is 28.6 Å². The summed E-state index contributed by atoms with van der Waals surface area (Å²) in [5.41, 5.74) is 0. The molecule has 59 heavy (non-hydrogen) atoms. The maximum absolute atomic E-state index is 12.7. The van der Waals surface area contributed by atoms with E-state index in [-0.39, 0.29) is 37.5 Å². The summed E-state index contributed by atoms with van der Waals surface area (Å²) in [6.45, 7) is 6.43.